The topological polar surface area (TPSA) is 67.8 Å². The van der Waals surface area contributed by atoms with Crippen molar-refractivity contribution in [3.63, 3.8) is 0 Å². The first kappa shape index (κ1) is 24.5. The van der Waals surface area contributed by atoms with Crippen LogP contribution in [0.5, 0.6) is 0 Å². The summed E-state index contributed by atoms with van der Waals surface area (Å²) in [7, 11) is 0. The maximum absolute atomic E-state index is 11.5. The van der Waals surface area contributed by atoms with E-state index in [1.54, 1.807) is 0 Å². The number of hydrogen-bond donors (Lipinski definition) is 0. The Balaban J connectivity index is 0. The van der Waals surface area contributed by atoms with Crippen molar-refractivity contribution in [3.8, 4) is 0 Å². The molecule has 129 valence electrons. The molecule has 5 nitrogen and oxygen atoms in total. The number of rotatable bonds is 14. The van der Waals surface area contributed by atoms with Gasteiger partial charge in [-0.15, -0.1) is 0 Å². The van der Waals surface area contributed by atoms with Gasteiger partial charge in [-0.05, 0) is 26.2 Å². The molecule has 0 aromatic rings. The monoisotopic (exact) mass is 393 g/mol. The molecule has 0 amide bonds. The van der Waals surface area contributed by atoms with Gasteiger partial charge in [0.2, 0.25) is 0 Å². The number of aliphatic carboxylic acids is 1. The zero-order chi connectivity index (χ0) is 16.1. The van der Waals surface area contributed by atoms with Crippen LogP contribution in [-0.2, 0) is 45.2 Å². The minimum Gasteiger partial charge on any atom is -0.547 e. The Hall–Kier alpha value is 0.233. The Morgan fingerprint density at radius 3 is 1.73 bits per heavy atom. The molecule has 1 atom stereocenters. The molecule has 0 fully saturated rings. The summed E-state index contributed by atoms with van der Waals surface area (Å²) in [5.41, 5.74) is -1.57. The minimum atomic E-state index is -1.57. The normalized spacial score (nSPS) is 13.7. The molecule has 0 N–H and O–H groups in total. The Morgan fingerprint density at radius 2 is 1.36 bits per heavy atom. The van der Waals surface area contributed by atoms with Crippen LogP contribution in [0.3, 0.4) is 0 Å². The Morgan fingerprint density at radius 1 is 0.955 bits per heavy atom. The van der Waals surface area contributed by atoms with Gasteiger partial charge in [0.15, 0.2) is 11.9 Å². The second kappa shape index (κ2) is 14.8. The van der Waals surface area contributed by atoms with E-state index in [1.807, 2.05) is 20.8 Å². The smallest absolute Gasteiger partial charge is 0.547 e. The molecule has 0 aromatic heterocycles. The van der Waals surface area contributed by atoms with Gasteiger partial charge in [-0.3, -0.25) is 0 Å². The molecule has 0 aliphatic rings. The van der Waals surface area contributed by atoms with Crippen LogP contribution in [0.1, 0.15) is 66.2 Å². The maximum Gasteiger partial charge on any atom is 1.00 e. The quantitative estimate of drug-likeness (QED) is 0.334. The van der Waals surface area contributed by atoms with E-state index < -0.39 is 17.9 Å². The summed E-state index contributed by atoms with van der Waals surface area (Å²) in [6.45, 7) is 8.84. The van der Waals surface area contributed by atoms with Crippen molar-refractivity contribution in [2.45, 2.75) is 78.1 Å². The van der Waals surface area contributed by atoms with Crippen LogP contribution in [0.2, 0.25) is 0 Å². The molecule has 0 bridgehead atoms. The van der Waals surface area contributed by atoms with Crippen molar-refractivity contribution in [1.82, 2.24) is 0 Å². The van der Waals surface area contributed by atoms with Crippen molar-refractivity contribution < 1.29 is 50.3 Å². The number of carbonyl (C=O) groups excluding carboxylic acids is 1. The third kappa shape index (κ3) is 9.39. The fourth-order valence-corrected chi connectivity index (χ4v) is 1.69. The molecule has 0 spiro atoms. The number of hydrogen-bond acceptors (Lipinski definition) is 5. The average molecular weight is 395 g/mol. The zero-order valence-electron chi connectivity index (χ0n) is 14.5. The molecular weight excluding hydrogens is 363 g/mol. The van der Waals surface area contributed by atoms with Crippen molar-refractivity contribution in [2.75, 3.05) is 19.8 Å². The summed E-state index contributed by atoms with van der Waals surface area (Å²) in [4.78, 5) is 11.5. The summed E-state index contributed by atoms with van der Waals surface area (Å²) in [6, 6.07) is 0. The van der Waals surface area contributed by atoms with Crippen LogP contribution in [0, 0.1) is 0 Å². The van der Waals surface area contributed by atoms with Crippen LogP contribution in [0.15, 0.2) is 0 Å². The predicted molar refractivity (Wildman–Crippen MR) is 79.8 cm³/mol. The third-order valence-electron chi connectivity index (χ3n) is 3.29. The van der Waals surface area contributed by atoms with Gasteiger partial charge >= 0.3 is 26.2 Å². The second-order valence-corrected chi connectivity index (χ2v) is 5.38. The Kier molecular flexibility index (Phi) is 16.5. The van der Waals surface area contributed by atoms with E-state index in [0.717, 1.165) is 38.5 Å². The summed E-state index contributed by atoms with van der Waals surface area (Å²) < 4.78 is 16.8. The summed E-state index contributed by atoms with van der Waals surface area (Å²) in [5, 5.41) is 11.5. The molecule has 1 radical (unpaired) electrons. The van der Waals surface area contributed by atoms with Crippen molar-refractivity contribution in [3.05, 3.63) is 0 Å². The minimum absolute atomic E-state index is 0. The van der Waals surface area contributed by atoms with E-state index in [9.17, 15) is 9.90 Å². The molecule has 0 heterocycles. The van der Waals surface area contributed by atoms with Gasteiger partial charge in [0.05, 0.1) is 5.97 Å². The van der Waals surface area contributed by atoms with Crippen LogP contribution >= 0.6 is 0 Å². The van der Waals surface area contributed by atoms with Gasteiger partial charge in [0, 0.05) is 19.8 Å². The van der Waals surface area contributed by atoms with E-state index >= 15 is 0 Å². The van der Waals surface area contributed by atoms with E-state index in [2.05, 4.69) is 0 Å². The van der Waals surface area contributed by atoms with Gasteiger partial charge in [-0.2, -0.15) is 0 Å². The molecule has 6 heteroatoms. The van der Waals surface area contributed by atoms with Gasteiger partial charge < -0.3 is 24.1 Å². The fourth-order valence-electron chi connectivity index (χ4n) is 1.69. The molecule has 0 aromatic carbocycles. The van der Waals surface area contributed by atoms with Gasteiger partial charge in [-0.1, -0.05) is 40.0 Å². The van der Waals surface area contributed by atoms with Gasteiger partial charge in [-0.25, -0.2) is 0 Å². The fraction of sp³-hybridized carbons (Fsp3) is 0.938. The van der Waals surface area contributed by atoms with Crippen molar-refractivity contribution in [1.29, 1.82) is 0 Å². The molecule has 0 aliphatic carbocycles. The molecule has 0 aliphatic heterocycles. The maximum atomic E-state index is 11.5. The van der Waals surface area contributed by atoms with E-state index in [-0.39, 0.29) is 26.2 Å². The van der Waals surface area contributed by atoms with Crippen LogP contribution in [0.4, 0.5) is 0 Å². The largest absolute Gasteiger partial charge is 1.00 e. The Labute approximate surface area is 154 Å². The number of carboxylic acid groups (broad SMARTS) is 1. The Bertz CT molecular complexity index is 265. The summed E-state index contributed by atoms with van der Waals surface area (Å²) >= 11 is 0. The zero-order valence-corrected chi connectivity index (χ0v) is 16.9. The van der Waals surface area contributed by atoms with E-state index in [1.165, 1.54) is 6.92 Å². The van der Waals surface area contributed by atoms with Crippen LogP contribution < -0.4 is 5.11 Å². The average Bonchev–Trinajstić information content (AvgIpc) is 2.45. The van der Waals surface area contributed by atoms with E-state index in [0.29, 0.717) is 19.8 Å². The summed E-state index contributed by atoms with van der Waals surface area (Å²) in [6.07, 6.45) is 4.44. The first-order chi connectivity index (χ1) is 10.0. The first-order valence-electron chi connectivity index (χ1n) is 8.11. The van der Waals surface area contributed by atoms with Gasteiger partial charge in [0.25, 0.3) is 0 Å². The van der Waals surface area contributed by atoms with Crippen molar-refractivity contribution in [2.24, 2.45) is 0 Å². The molecule has 0 saturated heterocycles. The number of carboxylic acids is 1. The van der Waals surface area contributed by atoms with Crippen LogP contribution in [-0.4, -0.2) is 37.7 Å². The number of carbonyl (C=O) groups is 1. The molecular formula is C16H31O5Zr. The first-order valence-corrected chi connectivity index (χ1v) is 8.11. The SMILES string of the molecule is CCCCOC(OCCCC)C(C)(OCCCC)C(=O)[O-].[Zr+]. The molecule has 0 saturated carbocycles. The summed E-state index contributed by atoms with van der Waals surface area (Å²) in [5.74, 6) is -1.29. The number of ether oxygens (including phenoxy) is 3. The predicted octanol–water partition coefficient (Wildman–Crippen LogP) is 2.27. The van der Waals surface area contributed by atoms with Crippen LogP contribution in [0.25, 0.3) is 0 Å². The van der Waals surface area contributed by atoms with Crippen molar-refractivity contribution >= 4 is 5.97 Å². The van der Waals surface area contributed by atoms with E-state index in [4.69, 9.17) is 14.2 Å². The third-order valence-corrected chi connectivity index (χ3v) is 3.29. The molecule has 0 rings (SSSR count). The number of unbranched alkanes of at least 4 members (excludes halogenated alkanes) is 3. The van der Waals surface area contributed by atoms with Gasteiger partial charge in [0.1, 0.15) is 0 Å². The molecule has 1 unspecified atom stereocenters. The standard InChI is InChI=1S/C16H32O5.Zr/c1-5-8-11-19-15(20-12-9-6-2)16(4,14(17)18)21-13-10-7-3;/h15H,5-13H2,1-4H3,(H,17,18);/q;+1/p-1. The second-order valence-electron chi connectivity index (χ2n) is 5.38. The molecule has 22 heavy (non-hydrogen) atoms.